The van der Waals surface area contributed by atoms with Gasteiger partial charge in [-0.1, -0.05) is 50.2 Å². The van der Waals surface area contributed by atoms with Gasteiger partial charge in [-0.25, -0.2) is 4.98 Å². The van der Waals surface area contributed by atoms with Crippen molar-refractivity contribution in [1.82, 2.24) is 4.98 Å². The van der Waals surface area contributed by atoms with E-state index in [4.69, 9.17) is 4.98 Å². The number of aromatic nitrogens is 1. The molecule has 1 aromatic heterocycles. The number of rotatable bonds is 5. The van der Waals surface area contributed by atoms with Crippen LogP contribution in [0.5, 0.6) is 0 Å². The Hall–Kier alpha value is -2.68. The first-order valence-corrected chi connectivity index (χ1v) is 8.48. The molecule has 3 rings (SSSR count). The SMILES string of the molecule is CCC(CC)C(=O)Nc1cccc(-c2ccc3ccccc3n2)c1. The van der Waals surface area contributed by atoms with Gasteiger partial charge in [0, 0.05) is 22.6 Å². The van der Waals surface area contributed by atoms with Crippen LogP contribution >= 0.6 is 0 Å². The second kappa shape index (κ2) is 7.26. The Labute approximate surface area is 142 Å². The smallest absolute Gasteiger partial charge is 0.227 e. The summed E-state index contributed by atoms with van der Waals surface area (Å²) in [5.41, 5.74) is 3.70. The van der Waals surface area contributed by atoms with Crippen molar-refractivity contribution >= 4 is 22.5 Å². The summed E-state index contributed by atoms with van der Waals surface area (Å²) in [7, 11) is 0. The van der Waals surface area contributed by atoms with E-state index < -0.39 is 0 Å². The van der Waals surface area contributed by atoms with Gasteiger partial charge in [0.05, 0.1) is 11.2 Å². The number of para-hydroxylation sites is 1. The van der Waals surface area contributed by atoms with Crippen molar-refractivity contribution in [3.05, 3.63) is 60.7 Å². The van der Waals surface area contributed by atoms with Gasteiger partial charge in [-0.15, -0.1) is 0 Å². The van der Waals surface area contributed by atoms with Gasteiger partial charge in [0.2, 0.25) is 5.91 Å². The lowest BCUT2D eigenvalue weighted by atomic mass is 10.0. The van der Waals surface area contributed by atoms with Gasteiger partial charge in [0.15, 0.2) is 0 Å². The first kappa shape index (κ1) is 16.2. The molecule has 1 heterocycles. The summed E-state index contributed by atoms with van der Waals surface area (Å²) in [6.07, 6.45) is 1.71. The Kier molecular flexibility index (Phi) is 4.90. The fourth-order valence-corrected chi connectivity index (χ4v) is 2.89. The highest BCUT2D eigenvalue weighted by Gasteiger charge is 2.14. The standard InChI is InChI=1S/C21H22N2O/c1-3-15(4-2)21(24)22-18-10-7-9-17(14-18)20-13-12-16-8-5-6-11-19(16)23-20/h5-15H,3-4H2,1-2H3,(H,22,24). The van der Waals surface area contributed by atoms with Crippen molar-refractivity contribution in [3.63, 3.8) is 0 Å². The lowest BCUT2D eigenvalue weighted by molar-refractivity contribution is -0.120. The van der Waals surface area contributed by atoms with E-state index >= 15 is 0 Å². The number of benzene rings is 2. The molecule has 122 valence electrons. The fraction of sp³-hybridized carbons (Fsp3) is 0.238. The van der Waals surface area contributed by atoms with E-state index in [1.807, 2.05) is 62.4 Å². The lowest BCUT2D eigenvalue weighted by Gasteiger charge is -2.13. The number of fused-ring (bicyclic) bond motifs is 1. The van der Waals surface area contributed by atoms with Gasteiger partial charge in [-0.3, -0.25) is 4.79 Å². The Morgan fingerprint density at radius 3 is 2.58 bits per heavy atom. The zero-order valence-electron chi connectivity index (χ0n) is 14.1. The number of nitrogens with one attached hydrogen (secondary N) is 1. The summed E-state index contributed by atoms with van der Waals surface area (Å²) < 4.78 is 0. The minimum absolute atomic E-state index is 0.0625. The number of anilines is 1. The molecule has 3 aromatic rings. The minimum atomic E-state index is 0.0625. The molecule has 0 aliphatic rings. The second-order valence-corrected chi connectivity index (χ2v) is 5.97. The third kappa shape index (κ3) is 3.46. The van der Waals surface area contributed by atoms with Gasteiger partial charge in [-0.05, 0) is 37.1 Å². The molecular weight excluding hydrogens is 296 g/mol. The van der Waals surface area contributed by atoms with Crippen LogP contribution < -0.4 is 5.32 Å². The lowest BCUT2D eigenvalue weighted by Crippen LogP contribution is -2.21. The number of amides is 1. The molecule has 0 bridgehead atoms. The first-order chi connectivity index (χ1) is 11.7. The molecule has 2 aromatic carbocycles. The Balaban J connectivity index is 1.87. The highest BCUT2D eigenvalue weighted by atomic mass is 16.1. The third-order valence-electron chi connectivity index (χ3n) is 4.38. The number of pyridine rings is 1. The highest BCUT2D eigenvalue weighted by molar-refractivity contribution is 5.93. The maximum Gasteiger partial charge on any atom is 0.227 e. The first-order valence-electron chi connectivity index (χ1n) is 8.48. The van der Waals surface area contributed by atoms with Crippen molar-refractivity contribution in [1.29, 1.82) is 0 Å². The van der Waals surface area contributed by atoms with E-state index in [2.05, 4.69) is 17.4 Å². The zero-order valence-corrected chi connectivity index (χ0v) is 14.1. The largest absolute Gasteiger partial charge is 0.326 e. The van der Waals surface area contributed by atoms with Gasteiger partial charge < -0.3 is 5.32 Å². The van der Waals surface area contributed by atoms with E-state index in [-0.39, 0.29) is 11.8 Å². The topological polar surface area (TPSA) is 42.0 Å². The average molecular weight is 318 g/mol. The number of hydrogen-bond donors (Lipinski definition) is 1. The summed E-state index contributed by atoms with van der Waals surface area (Å²) in [5, 5.41) is 4.15. The van der Waals surface area contributed by atoms with Gasteiger partial charge in [-0.2, -0.15) is 0 Å². The summed E-state index contributed by atoms with van der Waals surface area (Å²) >= 11 is 0. The summed E-state index contributed by atoms with van der Waals surface area (Å²) in [6.45, 7) is 4.09. The van der Waals surface area contributed by atoms with Crippen LogP contribution in [0.15, 0.2) is 60.7 Å². The molecular formula is C21H22N2O. The van der Waals surface area contributed by atoms with E-state index in [0.29, 0.717) is 0 Å². The average Bonchev–Trinajstić information content (AvgIpc) is 2.62. The van der Waals surface area contributed by atoms with Crippen molar-refractivity contribution in [3.8, 4) is 11.3 Å². The summed E-state index contributed by atoms with van der Waals surface area (Å²) in [6, 6.07) is 20.0. The van der Waals surface area contributed by atoms with Gasteiger partial charge >= 0.3 is 0 Å². The van der Waals surface area contributed by atoms with E-state index in [1.165, 1.54) is 0 Å². The quantitative estimate of drug-likeness (QED) is 0.695. The maximum absolute atomic E-state index is 12.3. The monoisotopic (exact) mass is 318 g/mol. The molecule has 0 atom stereocenters. The van der Waals surface area contributed by atoms with Crippen LogP contribution in [-0.4, -0.2) is 10.9 Å². The van der Waals surface area contributed by atoms with E-state index in [0.717, 1.165) is 40.7 Å². The Bertz CT molecular complexity index is 853. The number of carbonyl (C=O) groups is 1. The van der Waals surface area contributed by atoms with Crippen molar-refractivity contribution < 1.29 is 4.79 Å². The third-order valence-corrected chi connectivity index (χ3v) is 4.38. The normalized spacial score (nSPS) is 11.0. The molecule has 0 fully saturated rings. The van der Waals surface area contributed by atoms with Crippen molar-refractivity contribution in [2.24, 2.45) is 5.92 Å². The Morgan fingerprint density at radius 2 is 1.79 bits per heavy atom. The van der Waals surface area contributed by atoms with Crippen LogP contribution in [0.4, 0.5) is 5.69 Å². The maximum atomic E-state index is 12.3. The molecule has 1 N–H and O–H groups in total. The summed E-state index contributed by atoms with van der Waals surface area (Å²) in [5.74, 6) is 0.149. The number of hydrogen-bond acceptors (Lipinski definition) is 2. The fourth-order valence-electron chi connectivity index (χ4n) is 2.89. The van der Waals surface area contributed by atoms with Crippen LogP contribution in [0.2, 0.25) is 0 Å². The predicted octanol–water partition coefficient (Wildman–Crippen LogP) is 5.28. The molecule has 0 unspecified atom stereocenters. The van der Waals surface area contributed by atoms with Crippen LogP contribution in [0, 0.1) is 5.92 Å². The van der Waals surface area contributed by atoms with Gasteiger partial charge in [0.1, 0.15) is 0 Å². The summed E-state index contributed by atoms with van der Waals surface area (Å²) in [4.78, 5) is 17.0. The molecule has 0 aliphatic heterocycles. The molecule has 3 heteroatoms. The molecule has 1 amide bonds. The van der Waals surface area contributed by atoms with Crippen molar-refractivity contribution in [2.45, 2.75) is 26.7 Å². The van der Waals surface area contributed by atoms with Crippen LogP contribution in [-0.2, 0) is 4.79 Å². The number of carbonyl (C=O) groups excluding carboxylic acids is 1. The van der Waals surface area contributed by atoms with E-state index in [1.54, 1.807) is 0 Å². The molecule has 3 nitrogen and oxygen atoms in total. The molecule has 24 heavy (non-hydrogen) atoms. The van der Waals surface area contributed by atoms with Crippen LogP contribution in [0.3, 0.4) is 0 Å². The highest BCUT2D eigenvalue weighted by Crippen LogP contribution is 2.24. The Morgan fingerprint density at radius 1 is 1.00 bits per heavy atom. The predicted molar refractivity (Wildman–Crippen MR) is 99.9 cm³/mol. The van der Waals surface area contributed by atoms with E-state index in [9.17, 15) is 4.79 Å². The number of nitrogens with zero attached hydrogens (tertiary/aromatic N) is 1. The molecule has 0 aliphatic carbocycles. The molecule has 0 spiro atoms. The molecule has 0 saturated heterocycles. The molecule has 0 saturated carbocycles. The minimum Gasteiger partial charge on any atom is -0.326 e. The van der Waals surface area contributed by atoms with Crippen LogP contribution in [0.1, 0.15) is 26.7 Å². The zero-order chi connectivity index (χ0) is 16.9. The molecule has 0 radical (unpaired) electrons. The van der Waals surface area contributed by atoms with Crippen molar-refractivity contribution in [2.75, 3.05) is 5.32 Å². The second-order valence-electron chi connectivity index (χ2n) is 5.97. The van der Waals surface area contributed by atoms with Gasteiger partial charge in [0.25, 0.3) is 0 Å². The van der Waals surface area contributed by atoms with Crippen LogP contribution in [0.25, 0.3) is 22.2 Å².